The van der Waals surface area contributed by atoms with Crippen LogP contribution in [0.2, 0.25) is 0 Å². The predicted molar refractivity (Wildman–Crippen MR) is 161 cm³/mol. The highest BCUT2D eigenvalue weighted by Gasteiger charge is 2.30. The molecular formula is C30H35N2O9S+. The molecule has 0 radical (unpaired) electrons. The first-order valence-electron chi connectivity index (χ1n) is 12.9. The van der Waals surface area contributed by atoms with Crippen molar-refractivity contribution >= 4 is 21.9 Å². The third-order valence-corrected chi connectivity index (χ3v) is 8.51. The first-order chi connectivity index (χ1) is 20.3. The Morgan fingerprint density at radius 2 is 1.38 bits per heavy atom. The average molecular weight is 600 g/mol. The second-order valence-corrected chi connectivity index (χ2v) is 11.1. The number of ether oxygens (including phenoxy) is 7. The molecule has 0 fully saturated rings. The van der Waals surface area contributed by atoms with Crippen molar-refractivity contribution in [3.63, 3.8) is 0 Å². The monoisotopic (exact) mass is 599 g/mol. The first-order valence-corrected chi connectivity index (χ1v) is 14.7. The van der Waals surface area contributed by atoms with E-state index >= 15 is 0 Å². The van der Waals surface area contributed by atoms with E-state index in [9.17, 15) is 9.90 Å². The summed E-state index contributed by atoms with van der Waals surface area (Å²) in [5.41, 5.74) is 0.756. The van der Waals surface area contributed by atoms with Gasteiger partial charge in [0.2, 0.25) is 11.5 Å². The normalized spacial score (nSPS) is 11.6. The zero-order valence-corrected chi connectivity index (χ0v) is 25.5. The zero-order chi connectivity index (χ0) is 30.4. The van der Waals surface area contributed by atoms with Crippen molar-refractivity contribution in [1.29, 1.82) is 0 Å². The van der Waals surface area contributed by atoms with E-state index in [1.54, 1.807) is 47.2 Å². The van der Waals surface area contributed by atoms with Gasteiger partial charge in [-0.2, -0.15) is 0 Å². The molecule has 4 rings (SSSR count). The van der Waals surface area contributed by atoms with Gasteiger partial charge in [-0.25, -0.2) is 4.98 Å². The van der Waals surface area contributed by atoms with E-state index < -0.39 is 10.9 Å². The maximum atomic E-state index is 13.9. The van der Waals surface area contributed by atoms with Gasteiger partial charge in [-0.15, -0.1) is 0 Å². The van der Waals surface area contributed by atoms with E-state index in [-0.39, 0.29) is 24.5 Å². The highest BCUT2D eigenvalue weighted by molar-refractivity contribution is 7.96. The largest absolute Gasteiger partial charge is 0.503 e. The summed E-state index contributed by atoms with van der Waals surface area (Å²) in [7, 11) is 8.51. The van der Waals surface area contributed by atoms with Gasteiger partial charge < -0.3 is 38.3 Å². The molecular weight excluding hydrogens is 564 g/mol. The molecule has 224 valence electrons. The van der Waals surface area contributed by atoms with Crippen LogP contribution in [-0.2, 0) is 17.4 Å². The summed E-state index contributed by atoms with van der Waals surface area (Å²) in [6.07, 6.45) is 3.49. The lowest BCUT2D eigenvalue weighted by atomic mass is 10.1. The van der Waals surface area contributed by atoms with Crippen LogP contribution in [0.25, 0.3) is 11.0 Å². The van der Waals surface area contributed by atoms with E-state index in [1.165, 1.54) is 42.7 Å². The minimum absolute atomic E-state index is 0.0807. The highest BCUT2D eigenvalue weighted by Crippen LogP contribution is 2.41. The summed E-state index contributed by atoms with van der Waals surface area (Å²) >= 11 is 0. The minimum Gasteiger partial charge on any atom is -0.503 e. The van der Waals surface area contributed by atoms with Crippen LogP contribution in [0.3, 0.4) is 0 Å². The number of rotatable bonds is 13. The van der Waals surface area contributed by atoms with Crippen molar-refractivity contribution < 1.29 is 38.3 Å². The number of fused-ring (bicyclic) bond motifs is 1. The van der Waals surface area contributed by atoms with Crippen molar-refractivity contribution in [3.05, 3.63) is 58.5 Å². The van der Waals surface area contributed by atoms with Crippen LogP contribution in [0.5, 0.6) is 46.0 Å². The van der Waals surface area contributed by atoms with Crippen LogP contribution in [0.15, 0.2) is 52.3 Å². The van der Waals surface area contributed by atoms with Crippen LogP contribution in [0.1, 0.15) is 5.56 Å². The number of aromatic hydroxyl groups is 1. The fourth-order valence-electron chi connectivity index (χ4n) is 4.64. The van der Waals surface area contributed by atoms with E-state index in [0.29, 0.717) is 61.9 Å². The Balaban J connectivity index is 1.67. The minimum atomic E-state index is -0.685. The summed E-state index contributed by atoms with van der Waals surface area (Å²) in [6.45, 7) is 0.435. The lowest BCUT2D eigenvalue weighted by Gasteiger charge is -2.17. The maximum Gasteiger partial charge on any atom is 0.311 e. The molecule has 0 aliphatic heterocycles. The zero-order valence-electron chi connectivity index (χ0n) is 24.7. The predicted octanol–water partition coefficient (Wildman–Crippen LogP) is 3.89. The third-order valence-electron chi connectivity index (χ3n) is 6.66. The van der Waals surface area contributed by atoms with Gasteiger partial charge in [-0.05, 0) is 29.8 Å². The Morgan fingerprint density at radius 3 is 1.90 bits per heavy atom. The molecule has 0 saturated carbocycles. The summed E-state index contributed by atoms with van der Waals surface area (Å²) < 4.78 is 40.2. The Bertz CT molecular complexity index is 1570. The molecule has 12 heteroatoms. The number of hydrogen-bond acceptors (Lipinski definition) is 10. The maximum absolute atomic E-state index is 13.9. The lowest BCUT2D eigenvalue weighted by molar-refractivity contribution is 0.309. The van der Waals surface area contributed by atoms with Gasteiger partial charge in [0, 0.05) is 29.2 Å². The standard InChI is InChI=1S/C30H34N2O9S/c1-35-21-13-18(14-22(36-2)26(21)39-5)17-32-29-20(9-8-10-31-29)25(33)28(30(32)34)42(7)12-11-41-19-15-23(37-3)27(40-6)24(16-19)38-4/h8-10,13-16H,11-12,17H2,1-7H3/p+1. The molecule has 2 aromatic carbocycles. The van der Waals surface area contributed by atoms with Crippen molar-refractivity contribution in [2.45, 2.75) is 11.4 Å². The number of hydrogen-bond donors (Lipinski definition) is 1. The Hall–Kier alpha value is -4.45. The molecule has 0 amide bonds. The van der Waals surface area contributed by atoms with Gasteiger partial charge in [0.1, 0.15) is 30.0 Å². The van der Waals surface area contributed by atoms with Gasteiger partial charge in [0.25, 0.3) is 4.90 Å². The van der Waals surface area contributed by atoms with E-state index in [2.05, 4.69) is 4.98 Å². The molecule has 42 heavy (non-hydrogen) atoms. The molecule has 0 aliphatic carbocycles. The number of nitrogens with zero attached hydrogens (tertiary/aromatic N) is 2. The quantitative estimate of drug-likeness (QED) is 0.227. The van der Waals surface area contributed by atoms with Gasteiger partial charge in [-0.1, -0.05) is 0 Å². The number of aromatic nitrogens is 2. The molecule has 1 unspecified atom stereocenters. The van der Waals surface area contributed by atoms with Gasteiger partial charge >= 0.3 is 5.56 Å². The fourth-order valence-corrected chi connectivity index (χ4v) is 6.02. The molecule has 4 aromatic rings. The smallest absolute Gasteiger partial charge is 0.311 e. The molecule has 2 heterocycles. The Kier molecular flexibility index (Phi) is 9.79. The van der Waals surface area contributed by atoms with Gasteiger partial charge in [-0.3, -0.25) is 9.36 Å². The first kappa shape index (κ1) is 30.5. The number of methoxy groups -OCH3 is 6. The van der Waals surface area contributed by atoms with Crippen molar-refractivity contribution in [2.24, 2.45) is 0 Å². The van der Waals surface area contributed by atoms with Gasteiger partial charge in [0.15, 0.2) is 28.7 Å². The summed E-state index contributed by atoms with van der Waals surface area (Å²) in [5, 5.41) is 11.7. The van der Waals surface area contributed by atoms with E-state index in [4.69, 9.17) is 33.2 Å². The molecule has 1 N–H and O–H groups in total. The summed E-state index contributed by atoms with van der Waals surface area (Å²) in [5.74, 6) is 3.70. The SMILES string of the molecule is COc1cc(Cn2c(=O)c([S+](C)CCOc3cc(OC)c(OC)c(OC)c3)c(O)c3cccnc32)cc(OC)c1OC. The average Bonchev–Trinajstić information content (AvgIpc) is 3.01. The summed E-state index contributed by atoms with van der Waals surface area (Å²) in [4.78, 5) is 18.7. The molecule has 0 saturated heterocycles. The molecule has 0 aliphatic rings. The van der Waals surface area contributed by atoms with Crippen molar-refractivity contribution in [3.8, 4) is 46.0 Å². The second-order valence-electron chi connectivity index (χ2n) is 9.03. The van der Waals surface area contributed by atoms with Gasteiger partial charge in [0.05, 0.1) is 54.6 Å². The van der Waals surface area contributed by atoms with E-state index in [0.717, 1.165) is 5.56 Å². The molecule has 0 bridgehead atoms. The Labute approximate surface area is 246 Å². The lowest BCUT2D eigenvalue weighted by Crippen LogP contribution is -2.29. The second kappa shape index (κ2) is 13.5. The molecule has 2 aromatic heterocycles. The van der Waals surface area contributed by atoms with Crippen molar-refractivity contribution in [1.82, 2.24) is 9.55 Å². The molecule has 0 spiro atoms. The van der Waals surface area contributed by atoms with Crippen LogP contribution in [0.4, 0.5) is 0 Å². The van der Waals surface area contributed by atoms with Crippen LogP contribution < -0.4 is 38.7 Å². The van der Waals surface area contributed by atoms with Crippen LogP contribution in [0, 0.1) is 0 Å². The topological polar surface area (TPSA) is 120 Å². The van der Waals surface area contributed by atoms with Crippen LogP contribution >= 0.6 is 0 Å². The molecule has 1 atom stereocenters. The van der Waals surface area contributed by atoms with Crippen LogP contribution in [-0.4, -0.2) is 75.9 Å². The highest BCUT2D eigenvalue weighted by atomic mass is 32.2. The number of pyridine rings is 2. The molecule has 11 nitrogen and oxygen atoms in total. The van der Waals surface area contributed by atoms with E-state index in [1.807, 2.05) is 6.26 Å². The van der Waals surface area contributed by atoms with Crippen molar-refractivity contribution in [2.75, 3.05) is 61.3 Å². The number of benzene rings is 2. The Morgan fingerprint density at radius 1 is 0.833 bits per heavy atom. The third kappa shape index (κ3) is 5.94. The fraction of sp³-hybridized carbons (Fsp3) is 0.333. The summed E-state index contributed by atoms with van der Waals surface area (Å²) in [6, 6.07) is 10.5.